The van der Waals surface area contributed by atoms with Crippen LogP contribution in [0.4, 0.5) is 0 Å². The molecule has 4 aromatic carbocycles. The zero-order valence-corrected chi connectivity index (χ0v) is 36.8. The van der Waals surface area contributed by atoms with E-state index < -0.39 is 46.2 Å². The van der Waals surface area contributed by atoms with Gasteiger partial charge in [-0.2, -0.15) is 0 Å². The maximum Gasteiger partial charge on any atom is 0.179 e. The van der Waals surface area contributed by atoms with Crippen molar-refractivity contribution in [3.8, 4) is 0 Å². The van der Waals surface area contributed by atoms with Crippen LogP contribution in [-0.2, 0) is 37.9 Å². The van der Waals surface area contributed by atoms with E-state index >= 15 is 0 Å². The minimum Gasteiger partial charge on any atom is -0.360 e. The molecule has 264 valence electrons. The van der Waals surface area contributed by atoms with Crippen molar-refractivity contribution in [2.45, 2.75) is 23.7 Å². The molecule has 0 aliphatic carbocycles. The van der Waals surface area contributed by atoms with Crippen LogP contribution < -0.4 is 41.5 Å². The Kier molecular flexibility index (Phi) is 16.0. The molecule has 4 rings (SSSR count). The molecule has 0 aromatic heterocycles. The smallest absolute Gasteiger partial charge is 0.179 e. The molecular weight excluding hydrogens is 701 g/mol. The van der Waals surface area contributed by atoms with Gasteiger partial charge >= 0.3 is 0 Å². The fourth-order valence-electron chi connectivity index (χ4n) is 6.38. The topological polar surface area (TPSA) is 73.8 Å². The third-order valence-corrected chi connectivity index (χ3v) is 21.8. The van der Waals surface area contributed by atoms with E-state index in [1.807, 2.05) is 0 Å². The number of methoxy groups -OCH3 is 8. The van der Waals surface area contributed by atoms with Crippen LogP contribution in [0.2, 0.25) is 0 Å². The van der Waals surface area contributed by atoms with Crippen molar-refractivity contribution in [3.63, 3.8) is 0 Å². The minimum atomic E-state index is -2.81. The number of benzene rings is 4. The van der Waals surface area contributed by atoms with Gasteiger partial charge < -0.3 is 37.9 Å². The van der Waals surface area contributed by atoms with Crippen molar-refractivity contribution >= 4 is 87.6 Å². The van der Waals surface area contributed by atoms with Gasteiger partial charge in [0.2, 0.25) is 0 Å². The summed E-state index contributed by atoms with van der Waals surface area (Å²) < 4.78 is 44.6. The Morgan fingerprint density at radius 3 is 0.612 bits per heavy atom. The fourth-order valence-corrected chi connectivity index (χ4v) is 16.0. The molecule has 0 N–H and O–H groups in total. The highest BCUT2D eigenvalue weighted by Gasteiger charge is 2.41. The Morgan fingerprint density at radius 1 is 0.306 bits per heavy atom. The highest BCUT2D eigenvalue weighted by molar-refractivity contribution is 7.20. The molecule has 4 aromatic rings. The predicted octanol–water partition coefficient (Wildman–Crippen LogP) is -3.45. The van der Waals surface area contributed by atoms with Crippen molar-refractivity contribution in [3.05, 3.63) is 97.1 Å². The van der Waals surface area contributed by atoms with Gasteiger partial charge in [-0.15, -0.1) is 0 Å². The zero-order chi connectivity index (χ0) is 35.2. The number of hydrogen-bond acceptors (Lipinski definition) is 8. The highest BCUT2D eigenvalue weighted by Crippen LogP contribution is 2.09. The van der Waals surface area contributed by atoms with E-state index in [9.17, 15) is 0 Å². The van der Waals surface area contributed by atoms with Crippen LogP contribution in [-0.4, -0.2) is 127 Å². The van der Waals surface area contributed by atoms with Gasteiger partial charge in [-0.25, -0.2) is 0 Å². The lowest BCUT2D eigenvalue weighted by molar-refractivity contribution is -0.0430. The summed E-state index contributed by atoms with van der Waals surface area (Å²) in [6, 6.07) is 37.0. The van der Waals surface area contributed by atoms with Gasteiger partial charge in [0.15, 0.2) is 8.07 Å². The molecule has 0 heterocycles. The molecule has 8 nitrogen and oxygen atoms in total. The van der Waals surface area contributed by atoms with E-state index in [0.717, 1.165) is 0 Å². The van der Waals surface area contributed by atoms with E-state index in [1.165, 1.54) is 41.5 Å². The second-order valence-corrected chi connectivity index (χ2v) is 23.3. The molecule has 0 spiro atoms. The number of hydrogen-bond donors (Lipinski definition) is 0. The summed E-state index contributed by atoms with van der Waals surface area (Å²) in [5.41, 5.74) is 0. The monoisotopic (exact) mass is 752 g/mol. The summed E-state index contributed by atoms with van der Waals surface area (Å²) in [6.07, 6.45) is 0. The molecule has 0 atom stereocenters. The maximum absolute atomic E-state index is 5.58. The minimum absolute atomic E-state index is 0.160. The van der Waals surface area contributed by atoms with Crippen LogP contribution in [0.3, 0.4) is 0 Å². The summed E-state index contributed by atoms with van der Waals surface area (Å²) in [5, 5.41) is 10.5. The lowest BCUT2D eigenvalue weighted by Gasteiger charge is -2.35. The summed E-state index contributed by atoms with van der Waals surface area (Å²) >= 11 is 0. The number of rotatable bonds is 20. The van der Waals surface area contributed by atoms with Gasteiger partial charge in [-0.3, -0.25) is 0 Å². The molecule has 0 radical (unpaired) electrons. The first-order chi connectivity index (χ1) is 23.9. The largest absolute Gasteiger partial charge is 0.360 e. The van der Waals surface area contributed by atoms with Crippen LogP contribution in [0, 0.1) is 0 Å². The second kappa shape index (κ2) is 19.9. The molecular formula is C36H52O8Si5. The van der Waals surface area contributed by atoms with Crippen molar-refractivity contribution in [1.29, 1.82) is 0 Å². The summed E-state index contributed by atoms with van der Waals surface area (Å²) in [5.74, 6) is -0.640. The molecule has 0 saturated heterocycles. The Balaban J connectivity index is 1.93. The quantitative estimate of drug-likeness (QED) is 0.0525. The first-order valence-corrected chi connectivity index (χ1v) is 24.6. The van der Waals surface area contributed by atoms with E-state index in [-0.39, 0.29) is 23.7 Å². The van der Waals surface area contributed by atoms with E-state index in [1.54, 1.807) is 56.9 Å². The third-order valence-electron chi connectivity index (χ3n) is 9.26. The van der Waals surface area contributed by atoms with Crippen LogP contribution in [0.1, 0.15) is 0 Å². The molecule has 0 saturated carbocycles. The Labute approximate surface area is 302 Å². The van der Waals surface area contributed by atoms with Crippen LogP contribution in [0.25, 0.3) is 0 Å². The van der Waals surface area contributed by atoms with Gasteiger partial charge in [0, 0.05) is 56.9 Å². The van der Waals surface area contributed by atoms with Gasteiger partial charge in [-0.1, -0.05) is 118 Å². The van der Waals surface area contributed by atoms with E-state index in [4.69, 9.17) is 37.9 Å². The lowest BCUT2D eigenvalue weighted by atomic mass is 10.3. The number of ether oxygens (including phenoxy) is 8. The van der Waals surface area contributed by atoms with Crippen LogP contribution >= 0.6 is 0 Å². The van der Waals surface area contributed by atoms with Crippen molar-refractivity contribution < 1.29 is 37.9 Å². The second-order valence-electron chi connectivity index (χ2n) is 12.0. The fraction of sp³-hybridized carbons (Fsp3) is 0.333. The maximum atomic E-state index is 5.58. The average molecular weight is 753 g/mol. The van der Waals surface area contributed by atoms with Crippen LogP contribution in [0.15, 0.2) is 97.1 Å². The highest BCUT2D eigenvalue weighted by atomic mass is 28.3. The standard InChI is InChI=1S/C36H52O8Si5/c1-37-33(38-2)45-25-9-17-29(18-10-25)49(30-19-11-26(12-20-30)46-34(39-3)40-4,31-21-13-27(14-22-31)47-35(41-5)42-6)32-23-15-28(16-24-32)48-36(43-7)44-8/h9-24,33-36H,45-48H2,1-8H3. The molecule has 49 heavy (non-hydrogen) atoms. The normalized spacial score (nSPS) is 14.1. The zero-order valence-electron chi connectivity index (χ0n) is 30.1. The molecule has 0 unspecified atom stereocenters. The van der Waals surface area contributed by atoms with Gasteiger partial charge in [0.1, 0.15) is 61.7 Å². The Hall–Kier alpha value is -2.36. The molecule has 13 heteroatoms. The van der Waals surface area contributed by atoms with Crippen molar-refractivity contribution in [2.75, 3.05) is 56.9 Å². The predicted molar refractivity (Wildman–Crippen MR) is 214 cm³/mol. The van der Waals surface area contributed by atoms with Gasteiger partial charge in [0.05, 0.1) is 0 Å². The third kappa shape index (κ3) is 9.91. The van der Waals surface area contributed by atoms with E-state index in [2.05, 4.69) is 97.1 Å². The first-order valence-electron chi connectivity index (χ1n) is 16.5. The first kappa shape index (κ1) is 39.4. The van der Waals surface area contributed by atoms with Crippen LogP contribution in [0.5, 0.6) is 0 Å². The van der Waals surface area contributed by atoms with Crippen molar-refractivity contribution in [2.24, 2.45) is 0 Å². The van der Waals surface area contributed by atoms with E-state index in [0.29, 0.717) is 0 Å². The van der Waals surface area contributed by atoms with Gasteiger partial charge in [0.25, 0.3) is 0 Å². The average Bonchev–Trinajstić information content (AvgIpc) is 3.16. The SMILES string of the molecule is COC(OC)[SiH2]c1ccc([Si](c2ccc([SiH2]C(OC)OC)cc2)(c2ccc([SiH2]C(OC)OC)cc2)c2ccc([SiH2]C(OC)OC)cc2)cc1. The lowest BCUT2D eigenvalue weighted by Crippen LogP contribution is -2.75. The van der Waals surface area contributed by atoms with Crippen molar-refractivity contribution in [1.82, 2.24) is 0 Å². The summed E-state index contributed by atoms with van der Waals surface area (Å²) in [7, 11) is 7.70. The molecule has 0 bridgehead atoms. The summed E-state index contributed by atoms with van der Waals surface area (Å²) in [4.78, 5) is 0. The Bertz CT molecular complexity index is 1270. The molecule has 0 amide bonds. The van der Waals surface area contributed by atoms with Gasteiger partial charge in [-0.05, 0) is 20.7 Å². The molecule has 0 aliphatic heterocycles. The molecule has 0 aliphatic rings. The summed E-state index contributed by atoms with van der Waals surface area (Å²) in [6.45, 7) is 0. The Morgan fingerprint density at radius 2 is 0.469 bits per heavy atom. The molecule has 0 fully saturated rings.